The molecule has 8 heteroatoms. The average molecular weight is 476 g/mol. The zero-order valence-corrected chi connectivity index (χ0v) is 18.3. The minimum Gasteiger partial charge on any atom is -0.468 e. The van der Waals surface area contributed by atoms with E-state index in [9.17, 15) is 14.4 Å². The first-order chi connectivity index (χ1) is 14.5. The van der Waals surface area contributed by atoms with Gasteiger partial charge in [-0.1, -0.05) is 52.3 Å². The smallest absolute Gasteiger partial charge is 0.414 e. The summed E-state index contributed by atoms with van der Waals surface area (Å²) >= 11 is 3.42. The molecule has 1 heterocycles. The predicted molar refractivity (Wildman–Crippen MR) is 113 cm³/mol. The Morgan fingerprint density at radius 1 is 1.07 bits per heavy atom. The molecule has 1 amide bonds. The Morgan fingerprint density at radius 3 is 2.37 bits per heavy atom. The molecule has 1 atom stereocenters. The van der Waals surface area contributed by atoms with E-state index in [0.29, 0.717) is 17.7 Å². The molecule has 0 saturated heterocycles. The normalized spacial score (nSPS) is 15.3. The Hall–Kier alpha value is -2.87. The summed E-state index contributed by atoms with van der Waals surface area (Å²) in [7, 11) is 2.47. The first kappa shape index (κ1) is 21.8. The van der Waals surface area contributed by atoms with Gasteiger partial charge in [0.05, 0.1) is 19.9 Å². The number of ether oxygens (including phenoxy) is 3. The van der Waals surface area contributed by atoms with Crippen molar-refractivity contribution >= 4 is 39.6 Å². The van der Waals surface area contributed by atoms with Crippen LogP contribution in [0.2, 0.25) is 0 Å². The van der Waals surface area contributed by atoms with Crippen LogP contribution in [-0.4, -0.2) is 38.8 Å². The molecule has 158 valence electrons. The van der Waals surface area contributed by atoms with Gasteiger partial charge in [-0.05, 0) is 29.7 Å². The molecule has 0 unspecified atom stereocenters. The average Bonchev–Trinajstić information content (AvgIpc) is 2.77. The molecule has 7 nitrogen and oxygen atoms in total. The van der Waals surface area contributed by atoms with Crippen molar-refractivity contribution in [2.24, 2.45) is 5.92 Å². The Morgan fingerprint density at radius 2 is 1.73 bits per heavy atom. The summed E-state index contributed by atoms with van der Waals surface area (Å²) < 4.78 is 15.9. The highest BCUT2D eigenvalue weighted by Crippen LogP contribution is 2.42. The van der Waals surface area contributed by atoms with Crippen LogP contribution in [0.15, 0.2) is 53.0 Å². The van der Waals surface area contributed by atoms with Gasteiger partial charge in [-0.15, -0.1) is 0 Å². The number of nitrogens with zero attached hydrogens (tertiary/aromatic N) is 1. The number of benzene rings is 2. The molecule has 30 heavy (non-hydrogen) atoms. The van der Waals surface area contributed by atoms with Crippen LogP contribution in [0.5, 0.6) is 0 Å². The van der Waals surface area contributed by atoms with Crippen molar-refractivity contribution in [3.05, 3.63) is 64.1 Å². The van der Waals surface area contributed by atoms with Gasteiger partial charge in [0.15, 0.2) is 5.92 Å². The molecule has 0 radical (unpaired) electrons. The van der Waals surface area contributed by atoms with Gasteiger partial charge in [-0.2, -0.15) is 0 Å². The fourth-order valence-corrected chi connectivity index (χ4v) is 3.97. The van der Waals surface area contributed by atoms with E-state index in [2.05, 4.69) is 15.9 Å². The van der Waals surface area contributed by atoms with Crippen LogP contribution < -0.4 is 4.90 Å². The highest BCUT2D eigenvalue weighted by atomic mass is 79.9. The molecule has 0 spiro atoms. The summed E-state index contributed by atoms with van der Waals surface area (Å²) in [5.41, 5.74) is 2.14. The second-order valence-corrected chi connectivity index (χ2v) is 7.73. The highest BCUT2D eigenvalue weighted by Gasteiger charge is 2.42. The van der Waals surface area contributed by atoms with Crippen molar-refractivity contribution in [2.75, 3.05) is 25.7 Å². The molecule has 2 aromatic rings. The standard InChI is InChI=1S/C22H22BrNO6/c1-28-20(25)19(21(26)29-2)17-10-11-24(18-12-15(23)8-9-16(17)18)22(27)30-13-14-6-4-3-5-7-14/h3-9,12,17,19H,10-11,13H2,1-2H3/t17-/m0/s1. The Balaban J connectivity index is 1.88. The minimum absolute atomic E-state index is 0.149. The van der Waals surface area contributed by atoms with E-state index < -0.39 is 29.9 Å². The van der Waals surface area contributed by atoms with Gasteiger partial charge in [-0.25, -0.2) is 4.79 Å². The van der Waals surface area contributed by atoms with Gasteiger partial charge in [0, 0.05) is 16.9 Å². The van der Waals surface area contributed by atoms with Crippen LogP contribution in [0.25, 0.3) is 0 Å². The summed E-state index contributed by atoms with van der Waals surface area (Å²) in [4.78, 5) is 39.0. The van der Waals surface area contributed by atoms with E-state index in [1.54, 1.807) is 18.2 Å². The minimum atomic E-state index is -1.11. The molecule has 0 aliphatic carbocycles. The Kier molecular flexibility index (Phi) is 7.10. The van der Waals surface area contributed by atoms with Crippen molar-refractivity contribution in [1.29, 1.82) is 0 Å². The number of carbonyl (C=O) groups is 3. The SMILES string of the molecule is COC(=O)C(C(=O)OC)[C@H]1CCN(C(=O)OCc2ccccc2)c2cc(Br)ccc21. The molecular formula is C22H22BrNO6. The van der Waals surface area contributed by atoms with E-state index >= 15 is 0 Å². The lowest BCUT2D eigenvalue weighted by Crippen LogP contribution is -2.41. The lowest BCUT2D eigenvalue weighted by Gasteiger charge is -2.35. The first-order valence-corrected chi connectivity index (χ1v) is 10.2. The van der Waals surface area contributed by atoms with Crippen molar-refractivity contribution in [3.63, 3.8) is 0 Å². The maximum atomic E-state index is 12.8. The molecule has 0 N–H and O–H groups in total. The molecule has 0 aromatic heterocycles. The lowest BCUT2D eigenvalue weighted by molar-refractivity contribution is -0.160. The van der Waals surface area contributed by atoms with Crippen LogP contribution in [-0.2, 0) is 30.4 Å². The number of halogens is 1. The van der Waals surface area contributed by atoms with Gasteiger partial charge in [-0.3, -0.25) is 14.5 Å². The van der Waals surface area contributed by atoms with Crippen LogP contribution in [0.4, 0.5) is 10.5 Å². The summed E-state index contributed by atoms with van der Waals surface area (Å²) in [5.74, 6) is -2.92. The van der Waals surface area contributed by atoms with E-state index in [4.69, 9.17) is 14.2 Å². The van der Waals surface area contributed by atoms with Gasteiger partial charge in [0.2, 0.25) is 0 Å². The van der Waals surface area contributed by atoms with Gasteiger partial charge >= 0.3 is 18.0 Å². The number of hydrogen-bond donors (Lipinski definition) is 0. The molecular weight excluding hydrogens is 454 g/mol. The summed E-state index contributed by atoms with van der Waals surface area (Å²) in [5, 5.41) is 0. The van der Waals surface area contributed by atoms with Crippen LogP contribution >= 0.6 is 15.9 Å². The van der Waals surface area contributed by atoms with Crippen LogP contribution in [0, 0.1) is 5.92 Å². The quantitative estimate of drug-likeness (QED) is 0.368. The van der Waals surface area contributed by atoms with Gasteiger partial charge in [0.1, 0.15) is 6.61 Å². The molecule has 1 aliphatic heterocycles. The fraction of sp³-hybridized carbons (Fsp3) is 0.318. The monoisotopic (exact) mass is 475 g/mol. The Bertz CT molecular complexity index is 916. The van der Waals surface area contributed by atoms with E-state index in [1.807, 2.05) is 30.3 Å². The van der Waals surface area contributed by atoms with Crippen molar-refractivity contribution in [3.8, 4) is 0 Å². The molecule has 0 bridgehead atoms. The van der Waals surface area contributed by atoms with Crippen LogP contribution in [0.3, 0.4) is 0 Å². The number of carbonyl (C=O) groups excluding carboxylic acids is 3. The second kappa shape index (κ2) is 9.75. The zero-order chi connectivity index (χ0) is 21.7. The highest BCUT2D eigenvalue weighted by molar-refractivity contribution is 9.10. The largest absolute Gasteiger partial charge is 0.468 e. The molecule has 2 aromatic carbocycles. The van der Waals surface area contributed by atoms with Gasteiger partial charge < -0.3 is 14.2 Å². The third kappa shape index (κ3) is 4.64. The summed E-state index contributed by atoms with van der Waals surface area (Å²) in [6.07, 6.45) is -0.117. The number of fused-ring (bicyclic) bond motifs is 1. The van der Waals surface area contributed by atoms with Crippen LogP contribution in [0.1, 0.15) is 23.5 Å². The van der Waals surface area contributed by atoms with E-state index in [-0.39, 0.29) is 13.2 Å². The number of methoxy groups -OCH3 is 2. The predicted octanol–water partition coefficient (Wildman–Crippen LogP) is 4.04. The lowest BCUT2D eigenvalue weighted by atomic mass is 9.80. The number of anilines is 1. The topological polar surface area (TPSA) is 82.1 Å². The maximum absolute atomic E-state index is 12.8. The zero-order valence-electron chi connectivity index (χ0n) is 16.7. The number of esters is 2. The number of rotatable bonds is 5. The van der Waals surface area contributed by atoms with E-state index in [1.165, 1.54) is 19.1 Å². The summed E-state index contributed by atoms with van der Waals surface area (Å²) in [6, 6.07) is 14.8. The maximum Gasteiger partial charge on any atom is 0.414 e. The Labute approximate surface area is 183 Å². The summed E-state index contributed by atoms with van der Waals surface area (Å²) in [6.45, 7) is 0.433. The first-order valence-electron chi connectivity index (χ1n) is 9.39. The fourth-order valence-electron chi connectivity index (χ4n) is 3.62. The van der Waals surface area contributed by atoms with Gasteiger partial charge in [0.25, 0.3) is 0 Å². The molecule has 1 aliphatic rings. The molecule has 0 fully saturated rings. The second-order valence-electron chi connectivity index (χ2n) is 6.81. The van der Waals surface area contributed by atoms with Crippen molar-refractivity contribution in [2.45, 2.75) is 18.9 Å². The number of amides is 1. The molecule has 0 saturated carbocycles. The van der Waals surface area contributed by atoms with Crippen molar-refractivity contribution in [1.82, 2.24) is 0 Å². The third-order valence-electron chi connectivity index (χ3n) is 5.08. The van der Waals surface area contributed by atoms with E-state index in [0.717, 1.165) is 10.0 Å². The number of hydrogen-bond acceptors (Lipinski definition) is 6. The molecule has 3 rings (SSSR count). The van der Waals surface area contributed by atoms with Crippen molar-refractivity contribution < 1.29 is 28.6 Å². The third-order valence-corrected chi connectivity index (χ3v) is 5.58.